The van der Waals surface area contributed by atoms with Crippen LogP contribution in [-0.2, 0) is 4.79 Å². The number of anilines is 2. The van der Waals surface area contributed by atoms with Crippen molar-refractivity contribution < 1.29 is 18.0 Å². The fraction of sp³-hybridized carbons (Fsp3) is 0.400. The van der Waals surface area contributed by atoms with Crippen LogP contribution in [0.1, 0.15) is 50.7 Å². The first-order valence-electron chi connectivity index (χ1n) is 10.5. The molecule has 0 aliphatic heterocycles. The number of amides is 1. The number of nitrogens with one attached hydrogen (secondary N) is 1. The van der Waals surface area contributed by atoms with Crippen LogP contribution >= 0.6 is 0 Å². The van der Waals surface area contributed by atoms with Crippen molar-refractivity contribution in [2.75, 3.05) is 24.3 Å². The molecule has 0 unspecified atom stereocenters. The first-order chi connectivity index (χ1) is 14.5. The summed E-state index contributed by atoms with van der Waals surface area (Å²) in [7, 11) is 3.67. The van der Waals surface area contributed by atoms with Crippen LogP contribution < -0.4 is 10.2 Å². The lowest BCUT2D eigenvalue weighted by Crippen LogP contribution is -2.25. The van der Waals surface area contributed by atoms with Crippen LogP contribution in [0.2, 0.25) is 0 Å². The van der Waals surface area contributed by atoms with Crippen molar-refractivity contribution in [2.45, 2.75) is 52.6 Å². The molecule has 0 saturated carbocycles. The number of halogens is 3. The molecule has 0 aromatic heterocycles. The quantitative estimate of drug-likeness (QED) is 0.505. The van der Waals surface area contributed by atoms with Gasteiger partial charge in [0.2, 0.25) is 0 Å². The molecule has 0 fully saturated rings. The van der Waals surface area contributed by atoms with Crippen LogP contribution in [0.15, 0.2) is 53.7 Å². The maximum absolute atomic E-state index is 13.5. The molecule has 1 aliphatic rings. The smallest absolute Gasteiger partial charge is 0.376 e. The van der Waals surface area contributed by atoms with Crippen LogP contribution in [0.5, 0.6) is 0 Å². The number of hydrogen-bond donors (Lipinski definition) is 1. The fourth-order valence-electron chi connectivity index (χ4n) is 3.69. The van der Waals surface area contributed by atoms with E-state index >= 15 is 0 Å². The SMILES string of the molecule is C=C1C=C(C(F)(F)F)C(C(=O)Nc2cc(/C(=C/CC)CCC)c(C)cc2N(C)C)=CC1. The monoisotopic (exact) mass is 432 g/mol. The predicted octanol–water partition coefficient (Wildman–Crippen LogP) is 6.97. The third-order valence-electron chi connectivity index (χ3n) is 5.15. The maximum Gasteiger partial charge on any atom is 0.417 e. The Morgan fingerprint density at radius 3 is 2.48 bits per heavy atom. The van der Waals surface area contributed by atoms with E-state index in [-0.39, 0.29) is 12.0 Å². The number of hydrogen-bond acceptors (Lipinski definition) is 2. The molecule has 168 valence electrons. The fourth-order valence-corrected chi connectivity index (χ4v) is 3.69. The molecule has 2 rings (SSSR count). The topological polar surface area (TPSA) is 32.3 Å². The molecule has 1 aliphatic carbocycles. The third-order valence-corrected chi connectivity index (χ3v) is 5.15. The normalized spacial score (nSPS) is 14.8. The minimum Gasteiger partial charge on any atom is -0.376 e. The summed E-state index contributed by atoms with van der Waals surface area (Å²) in [6.07, 6.45) is 2.72. The Bertz CT molecular complexity index is 950. The molecular formula is C25H31F3N2O. The molecule has 0 bridgehead atoms. The summed E-state index contributed by atoms with van der Waals surface area (Å²) in [4.78, 5) is 14.8. The van der Waals surface area contributed by atoms with Gasteiger partial charge in [-0.1, -0.05) is 44.6 Å². The molecule has 31 heavy (non-hydrogen) atoms. The van der Waals surface area contributed by atoms with E-state index in [9.17, 15) is 18.0 Å². The Hall–Kier alpha value is -2.76. The zero-order valence-corrected chi connectivity index (χ0v) is 18.9. The summed E-state index contributed by atoms with van der Waals surface area (Å²) in [5.41, 5.74) is 3.45. The molecule has 6 heteroatoms. The van der Waals surface area contributed by atoms with Gasteiger partial charge in [-0.25, -0.2) is 0 Å². The molecular weight excluding hydrogens is 401 g/mol. The van der Waals surface area contributed by atoms with Crippen LogP contribution in [0.25, 0.3) is 5.57 Å². The molecule has 3 nitrogen and oxygen atoms in total. The van der Waals surface area contributed by atoms with Crippen LogP contribution in [-0.4, -0.2) is 26.2 Å². The average Bonchev–Trinajstić information content (AvgIpc) is 2.68. The summed E-state index contributed by atoms with van der Waals surface area (Å²) in [6, 6.07) is 3.83. The lowest BCUT2D eigenvalue weighted by atomic mass is 9.93. The van der Waals surface area contributed by atoms with Crippen molar-refractivity contribution in [1.29, 1.82) is 0 Å². The first-order valence-corrected chi connectivity index (χ1v) is 10.5. The third kappa shape index (κ3) is 5.90. The number of carbonyl (C=O) groups excluding carboxylic acids is 1. The van der Waals surface area contributed by atoms with Crippen LogP contribution in [0.4, 0.5) is 24.5 Å². The maximum atomic E-state index is 13.5. The van der Waals surface area contributed by atoms with Gasteiger partial charge in [0.25, 0.3) is 5.91 Å². The Kier molecular flexibility index (Phi) is 7.93. The van der Waals surface area contributed by atoms with Gasteiger partial charge in [0.1, 0.15) is 0 Å². The van der Waals surface area contributed by atoms with Gasteiger partial charge in [0, 0.05) is 19.7 Å². The standard InChI is InChI=1S/C25H31F3N2O/c1-7-9-18(10-8-2)20-15-22(23(30(5)6)14-17(20)4)29-24(31)19-12-11-16(3)13-21(19)25(26,27)28/h9,12-15H,3,7-8,10-11H2,1-2,4-6H3,(H,29,31)/b18-9+. The van der Waals surface area contributed by atoms with E-state index in [0.717, 1.165) is 42.2 Å². The van der Waals surface area contributed by atoms with Crippen molar-refractivity contribution in [2.24, 2.45) is 0 Å². The number of allylic oxidation sites excluding steroid dienone is 5. The van der Waals surface area contributed by atoms with E-state index in [4.69, 9.17) is 0 Å². The molecule has 1 amide bonds. The Balaban J connectivity index is 2.51. The van der Waals surface area contributed by atoms with Gasteiger partial charge < -0.3 is 10.2 Å². The zero-order chi connectivity index (χ0) is 23.3. The summed E-state index contributed by atoms with van der Waals surface area (Å²) >= 11 is 0. The van der Waals surface area contributed by atoms with Crippen LogP contribution in [0.3, 0.4) is 0 Å². The highest BCUT2D eigenvalue weighted by atomic mass is 19.4. The molecule has 1 N–H and O–H groups in total. The zero-order valence-electron chi connectivity index (χ0n) is 18.9. The van der Waals surface area contributed by atoms with Crippen molar-refractivity contribution in [3.63, 3.8) is 0 Å². The van der Waals surface area contributed by atoms with Gasteiger partial charge in [0.15, 0.2) is 0 Å². The first kappa shape index (κ1) is 24.5. The van der Waals surface area contributed by atoms with E-state index in [0.29, 0.717) is 11.3 Å². The number of carbonyl (C=O) groups is 1. The largest absolute Gasteiger partial charge is 0.417 e. The highest BCUT2D eigenvalue weighted by Gasteiger charge is 2.39. The number of alkyl halides is 3. The predicted molar refractivity (Wildman–Crippen MR) is 123 cm³/mol. The number of aryl methyl sites for hydroxylation is 1. The highest BCUT2D eigenvalue weighted by Crippen LogP contribution is 2.38. The Morgan fingerprint density at radius 2 is 1.94 bits per heavy atom. The van der Waals surface area contributed by atoms with E-state index in [1.807, 2.05) is 38.1 Å². The molecule has 0 saturated heterocycles. The lowest BCUT2D eigenvalue weighted by Gasteiger charge is -2.24. The van der Waals surface area contributed by atoms with Gasteiger partial charge in [-0.3, -0.25) is 4.79 Å². The van der Waals surface area contributed by atoms with Crippen molar-refractivity contribution in [1.82, 2.24) is 0 Å². The molecule has 0 heterocycles. The average molecular weight is 433 g/mol. The van der Waals surface area contributed by atoms with Gasteiger partial charge in [-0.2, -0.15) is 13.2 Å². The summed E-state index contributed by atoms with van der Waals surface area (Å²) in [6.45, 7) is 9.78. The number of nitrogens with zero attached hydrogens (tertiary/aromatic N) is 1. The summed E-state index contributed by atoms with van der Waals surface area (Å²) in [5, 5.41) is 2.74. The van der Waals surface area contributed by atoms with Crippen LogP contribution in [0, 0.1) is 6.92 Å². The molecule has 1 aromatic rings. The van der Waals surface area contributed by atoms with Crippen molar-refractivity contribution in [3.05, 3.63) is 64.8 Å². The Morgan fingerprint density at radius 1 is 1.26 bits per heavy atom. The molecule has 0 spiro atoms. The number of benzene rings is 1. The molecule has 0 radical (unpaired) electrons. The summed E-state index contributed by atoms with van der Waals surface area (Å²) in [5.74, 6) is -0.773. The second-order valence-electron chi connectivity index (χ2n) is 7.96. The van der Waals surface area contributed by atoms with Gasteiger partial charge in [-0.05, 0) is 61.1 Å². The van der Waals surface area contributed by atoms with Gasteiger partial charge in [-0.15, -0.1) is 0 Å². The van der Waals surface area contributed by atoms with Crippen molar-refractivity contribution in [3.8, 4) is 0 Å². The molecule has 0 atom stereocenters. The molecule has 1 aromatic carbocycles. The van der Waals surface area contributed by atoms with Gasteiger partial charge >= 0.3 is 6.18 Å². The Labute approximate surface area is 183 Å². The highest BCUT2D eigenvalue weighted by molar-refractivity contribution is 6.09. The lowest BCUT2D eigenvalue weighted by molar-refractivity contribution is -0.115. The minimum atomic E-state index is -4.63. The second-order valence-corrected chi connectivity index (χ2v) is 7.96. The summed E-state index contributed by atoms with van der Waals surface area (Å²) < 4.78 is 40.6. The van der Waals surface area contributed by atoms with E-state index < -0.39 is 17.7 Å². The van der Waals surface area contributed by atoms with Gasteiger partial charge in [0.05, 0.1) is 16.9 Å². The second kappa shape index (κ2) is 10.0. The van der Waals surface area contributed by atoms with E-state index in [2.05, 4.69) is 31.8 Å². The number of rotatable bonds is 7. The minimum absolute atomic E-state index is 0.210. The van der Waals surface area contributed by atoms with E-state index in [1.54, 1.807) is 0 Å². The van der Waals surface area contributed by atoms with Crippen molar-refractivity contribution >= 4 is 22.9 Å². The van der Waals surface area contributed by atoms with E-state index in [1.165, 1.54) is 11.6 Å².